The number of ether oxygens (including phenoxy) is 2. The maximum absolute atomic E-state index is 11.7. The van der Waals surface area contributed by atoms with Gasteiger partial charge in [-0.1, -0.05) is 0 Å². The summed E-state index contributed by atoms with van der Waals surface area (Å²) in [6, 6.07) is 0. The van der Waals surface area contributed by atoms with E-state index in [-0.39, 0.29) is 25.4 Å². The van der Waals surface area contributed by atoms with Crippen molar-refractivity contribution in [1.29, 1.82) is 0 Å². The quantitative estimate of drug-likeness (QED) is 0.627. The minimum atomic E-state index is -0.616. The fourth-order valence-corrected chi connectivity index (χ4v) is 1.69. The molecule has 0 radical (unpaired) electrons. The van der Waals surface area contributed by atoms with E-state index in [0.717, 1.165) is 0 Å². The van der Waals surface area contributed by atoms with Crippen molar-refractivity contribution in [2.24, 2.45) is 0 Å². The lowest BCUT2D eigenvalue weighted by Gasteiger charge is -2.26. The number of rotatable bonds is 8. The molecule has 7 heteroatoms. The van der Waals surface area contributed by atoms with Crippen LogP contribution in [0.15, 0.2) is 0 Å². The third-order valence-corrected chi connectivity index (χ3v) is 3.24. The molecule has 2 amide bonds. The van der Waals surface area contributed by atoms with Crippen molar-refractivity contribution >= 4 is 17.8 Å². The van der Waals surface area contributed by atoms with E-state index in [0.29, 0.717) is 18.1 Å². The summed E-state index contributed by atoms with van der Waals surface area (Å²) in [4.78, 5) is 39.1. The first-order chi connectivity index (χ1) is 9.75. The van der Waals surface area contributed by atoms with Crippen molar-refractivity contribution in [3.8, 4) is 0 Å². The van der Waals surface area contributed by atoms with Crippen molar-refractivity contribution in [2.75, 3.05) is 13.7 Å². The van der Waals surface area contributed by atoms with Crippen molar-refractivity contribution in [2.45, 2.75) is 58.2 Å². The van der Waals surface area contributed by atoms with Gasteiger partial charge in [0.2, 0.25) is 0 Å². The Bertz CT molecular complexity index is 390. The predicted molar refractivity (Wildman–Crippen MR) is 72.9 cm³/mol. The highest BCUT2D eigenvalue weighted by atomic mass is 16.7. The van der Waals surface area contributed by atoms with Crippen LogP contribution in [0.3, 0.4) is 0 Å². The van der Waals surface area contributed by atoms with Crippen LogP contribution in [0.4, 0.5) is 0 Å². The summed E-state index contributed by atoms with van der Waals surface area (Å²) in [6.45, 7) is 6.01. The molecule has 0 aliphatic carbocycles. The zero-order chi connectivity index (χ0) is 16.0. The van der Waals surface area contributed by atoms with Gasteiger partial charge in [0.15, 0.2) is 0 Å². The Labute approximate surface area is 124 Å². The Kier molecular flexibility index (Phi) is 6.29. The Morgan fingerprint density at radius 2 is 1.86 bits per heavy atom. The first-order valence-corrected chi connectivity index (χ1v) is 6.98. The highest BCUT2D eigenvalue weighted by molar-refractivity contribution is 6.01. The van der Waals surface area contributed by atoms with Crippen molar-refractivity contribution < 1.29 is 28.7 Å². The summed E-state index contributed by atoms with van der Waals surface area (Å²) >= 11 is 0. The molecule has 1 unspecified atom stereocenters. The largest absolute Gasteiger partial charge is 0.379 e. The summed E-state index contributed by atoms with van der Waals surface area (Å²) < 4.78 is 10.7. The van der Waals surface area contributed by atoms with Gasteiger partial charge in [-0.3, -0.25) is 9.59 Å². The molecule has 1 aliphatic heterocycles. The maximum atomic E-state index is 11.7. The molecular formula is C14H23NO6. The van der Waals surface area contributed by atoms with Gasteiger partial charge in [0.05, 0.1) is 24.7 Å². The summed E-state index contributed by atoms with van der Waals surface area (Å²) in [5, 5.41) is 0.559. The van der Waals surface area contributed by atoms with Gasteiger partial charge in [-0.05, 0) is 27.2 Å². The number of carbonyl (C=O) groups is 3. The average Bonchev–Trinajstić information content (AvgIpc) is 2.74. The number of nitrogens with zero attached hydrogens (tertiary/aromatic N) is 1. The van der Waals surface area contributed by atoms with E-state index in [4.69, 9.17) is 14.3 Å². The van der Waals surface area contributed by atoms with Crippen LogP contribution in [0.25, 0.3) is 0 Å². The highest BCUT2D eigenvalue weighted by Gasteiger charge is 2.33. The minimum Gasteiger partial charge on any atom is -0.379 e. The molecule has 0 aromatic carbocycles. The van der Waals surface area contributed by atoms with Crippen molar-refractivity contribution in [3.05, 3.63) is 0 Å². The SMILES string of the molecule is COC(C)COC(C)(C)CCC(=O)ON1C(=O)CCC1=O. The second kappa shape index (κ2) is 7.51. The summed E-state index contributed by atoms with van der Waals surface area (Å²) in [6.07, 6.45) is 0.630. The van der Waals surface area contributed by atoms with Crippen molar-refractivity contribution in [1.82, 2.24) is 5.06 Å². The number of carbonyl (C=O) groups excluding carboxylic acids is 3. The van der Waals surface area contributed by atoms with Crippen LogP contribution < -0.4 is 0 Å². The second-order valence-electron chi connectivity index (χ2n) is 5.66. The minimum absolute atomic E-state index is 0.0314. The van der Waals surface area contributed by atoms with Crippen LogP contribution in [0.1, 0.15) is 46.5 Å². The van der Waals surface area contributed by atoms with Crippen LogP contribution in [0.5, 0.6) is 0 Å². The molecule has 7 nitrogen and oxygen atoms in total. The standard InChI is InChI=1S/C14H23NO6/c1-10(19-4)9-20-14(2,3)8-7-13(18)21-15-11(16)5-6-12(15)17/h10H,5-9H2,1-4H3. The molecule has 0 aromatic heterocycles. The van der Waals surface area contributed by atoms with Gasteiger partial charge < -0.3 is 14.3 Å². The van der Waals surface area contributed by atoms with Gasteiger partial charge in [0.1, 0.15) is 0 Å². The van der Waals surface area contributed by atoms with Gasteiger partial charge >= 0.3 is 5.97 Å². The molecule has 21 heavy (non-hydrogen) atoms. The van der Waals surface area contributed by atoms with Gasteiger partial charge in [0.25, 0.3) is 11.8 Å². The number of methoxy groups -OCH3 is 1. The molecule has 0 saturated carbocycles. The van der Waals surface area contributed by atoms with E-state index in [1.807, 2.05) is 20.8 Å². The topological polar surface area (TPSA) is 82.1 Å². The second-order valence-corrected chi connectivity index (χ2v) is 5.66. The summed E-state index contributed by atoms with van der Waals surface area (Å²) in [5.74, 6) is -1.56. The molecule has 1 rings (SSSR count). The Balaban J connectivity index is 2.34. The zero-order valence-corrected chi connectivity index (χ0v) is 13.0. The summed E-state index contributed by atoms with van der Waals surface area (Å²) in [5.41, 5.74) is -0.523. The lowest BCUT2D eigenvalue weighted by atomic mass is 10.0. The number of hydrogen-bond donors (Lipinski definition) is 0. The molecule has 0 bridgehead atoms. The van der Waals surface area contributed by atoms with Crippen molar-refractivity contribution in [3.63, 3.8) is 0 Å². The molecule has 0 aromatic rings. The van der Waals surface area contributed by atoms with Gasteiger partial charge in [-0.2, -0.15) is 0 Å². The molecule has 0 spiro atoms. The lowest BCUT2D eigenvalue weighted by molar-refractivity contribution is -0.198. The van der Waals surface area contributed by atoms with Gasteiger partial charge in [0, 0.05) is 20.0 Å². The molecular weight excluding hydrogens is 278 g/mol. The molecule has 1 fully saturated rings. The maximum Gasteiger partial charge on any atom is 0.333 e. The van der Waals surface area contributed by atoms with Crippen LogP contribution >= 0.6 is 0 Å². The van der Waals surface area contributed by atoms with Gasteiger partial charge in [-0.25, -0.2) is 4.79 Å². The van der Waals surface area contributed by atoms with E-state index in [2.05, 4.69) is 0 Å². The average molecular weight is 301 g/mol. The lowest BCUT2D eigenvalue weighted by Crippen LogP contribution is -2.34. The van der Waals surface area contributed by atoms with Gasteiger partial charge in [-0.15, -0.1) is 5.06 Å². The molecule has 1 saturated heterocycles. The van der Waals surface area contributed by atoms with E-state index in [1.165, 1.54) is 0 Å². The van der Waals surface area contributed by atoms with E-state index < -0.39 is 23.4 Å². The smallest absolute Gasteiger partial charge is 0.333 e. The highest BCUT2D eigenvalue weighted by Crippen LogP contribution is 2.19. The monoisotopic (exact) mass is 301 g/mol. The Hall–Kier alpha value is -1.47. The molecule has 1 atom stereocenters. The summed E-state index contributed by atoms with van der Waals surface area (Å²) in [7, 11) is 1.60. The third kappa shape index (κ3) is 5.81. The zero-order valence-electron chi connectivity index (χ0n) is 13.0. The number of amides is 2. The molecule has 0 N–H and O–H groups in total. The van der Waals surface area contributed by atoms with Crippen LogP contribution in [-0.4, -0.2) is 48.3 Å². The van der Waals surface area contributed by atoms with Crippen LogP contribution in [-0.2, 0) is 28.7 Å². The number of imide groups is 1. The first-order valence-electron chi connectivity index (χ1n) is 6.98. The van der Waals surface area contributed by atoms with E-state index in [1.54, 1.807) is 7.11 Å². The normalized spacial score (nSPS) is 17.2. The molecule has 1 heterocycles. The predicted octanol–water partition coefficient (Wildman–Crippen LogP) is 1.20. The fourth-order valence-electron chi connectivity index (χ4n) is 1.69. The van der Waals surface area contributed by atoms with Crippen LogP contribution in [0.2, 0.25) is 0 Å². The van der Waals surface area contributed by atoms with E-state index >= 15 is 0 Å². The Morgan fingerprint density at radius 3 is 2.38 bits per heavy atom. The number of hydrogen-bond acceptors (Lipinski definition) is 6. The number of hydroxylamine groups is 2. The fraction of sp³-hybridized carbons (Fsp3) is 0.786. The Morgan fingerprint density at radius 1 is 1.29 bits per heavy atom. The molecule has 120 valence electrons. The molecule has 1 aliphatic rings. The van der Waals surface area contributed by atoms with E-state index in [9.17, 15) is 14.4 Å². The van der Waals surface area contributed by atoms with Crippen LogP contribution in [0, 0.1) is 0 Å². The third-order valence-electron chi connectivity index (χ3n) is 3.24. The first kappa shape index (κ1) is 17.6.